The van der Waals surface area contributed by atoms with Gasteiger partial charge in [0, 0.05) is 5.69 Å². The van der Waals surface area contributed by atoms with E-state index in [0.717, 1.165) is 5.69 Å². The summed E-state index contributed by atoms with van der Waals surface area (Å²) in [6.07, 6.45) is 0.953. The average molecular weight is 237 g/mol. The molecular weight excluding hydrogens is 218 g/mol. The maximum absolute atomic E-state index is 11.7. The minimum Gasteiger partial charge on any atom is -0.477 e. The minimum atomic E-state index is -0.640. The SMILES string of the molecule is Cc1ccc(OC(C)C(=O)OC(C)(C)C)cn1. The molecule has 0 N–H and O–H groups in total. The van der Waals surface area contributed by atoms with Crippen molar-refractivity contribution in [3.63, 3.8) is 0 Å². The molecular formula is C13H19NO3. The largest absolute Gasteiger partial charge is 0.477 e. The van der Waals surface area contributed by atoms with Crippen molar-refractivity contribution in [3.05, 3.63) is 24.0 Å². The van der Waals surface area contributed by atoms with Crippen molar-refractivity contribution in [3.8, 4) is 5.75 Å². The van der Waals surface area contributed by atoms with Crippen LogP contribution in [0.4, 0.5) is 0 Å². The molecule has 4 nitrogen and oxygen atoms in total. The Morgan fingerprint density at radius 2 is 2.00 bits per heavy atom. The summed E-state index contributed by atoms with van der Waals surface area (Å²) in [7, 11) is 0. The topological polar surface area (TPSA) is 48.4 Å². The molecule has 1 rings (SSSR count). The van der Waals surface area contributed by atoms with Crippen molar-refractivity contribution in [1.82, 2.24) is 4.98 Å². The molecule has 0 amide bonds. The molecule has 0 saturated heterocycles. The first-order valence-corrected chi connectivity index (χ1v) is 5.60. The van der Waals surface area contributed by atoms with E-state index >= 15 is 0 Å². The summed E-state index contributed by atoms with van der Waals surface area (Å²) in [5.74, 6) is 0.187. The van der Waals surface area contributed by atoms with E-state index in [2.05, 4.69) is 4.98 Å². The van der Waals surface area contributed by atoms with Crippen LogP contribution in [0.15, 0.2) is 18.3 Å². The first-order valence-electron chi connectivity index (χ1n) is 5.60. The molecule has 0 radical (unpaired) electrons. The van der Waals surface area contributed by atoms with E-state index in [0.29, 0.717) is 5.75 Å². The third kappa shape index (κ3) is 4.85. The van der Waals surface area contributed by atoms with Gasteiger partial charge in [-0.25, -0.2) is 4.79 Å². The lowest BCUT2D eigenvalue weighted by Crippen LogP contribution is -2.33. The zero-order valence-electron chi connectivity index (χ0n) is 11.0. The number of carbonyl (C=O) groups is 1. The van der Waals surface area contributed by atoms with Crippen molar-refractivity contribution in [1.29, 1.82) is 0 Å². The normalized spacial score (nSPS) is 13.0. The molecule has 0 aromatic carbocycles. The van der Waals surface area contributed by atoms with Crippen molar-refractivity contribution < 1.29 is 14.3 Å². The number of nitrogens with zero attached hydrogens (tertiary/aromatic N) is 1. The standard InChI is InChI=1S/C13H19NO3/c1-9-6-7-11(8-14-9)16-10(2)12(15)17-13(3,4)5/h6-8,10H,1-5H3. The van der Waals surface area contributed by atoms with Gasteiger partial charge in [-0.05, 0) is 46.8 Å². The molecule has 0 aliphatic carbocycles. The molecule has 0 bridgehead atoms. The van der Waals surface area contributed by atoms with Crippen molar-refractivity contribution in [2.75, 3.05) is 0 Å². The summed E-state index contributed by atoms with van der Waals surface area (Å²) in [6.45, 7) is 9.02. The van der Waals surface area contributed by atoms with Gasteiger partial charge in [0.25, 0.3) is 0 Å². The number of ether oxygens (including phenoxy) is 2. The van der Waals surface area contributed by atoms with Gasteiger partial charge in [-0.3, -0.25) is 4.98 Å². The van der Waals surface area contributed by atoms with E-state index < -0.39 is 11.7 Å². The van der Waals surface area contributed by atoms with Gasteiger partial charge in [-0.2, -0.15) is 0 Å². The number of pyridine rings is 1. The zero-order valence-corrected chi connectivity index (χ0v) is 11.0. The highest BCUT2D eigenvalue weighted by Gasteiger charge is 2.22. The van der Waals surface area contributed by atoms with Crippen LogP contribution in [0.5, 0.6) is 5.75 Å². The number of hydrogen-bond acceptors (Lipinski definition) is 4. The fourth-order valence-corrected chi connectivity index (χ4v) is 1.16. The number of aromatic nitrogens is 1. The first-order chi connectivity index (χ1) is 7.78. The van der Waals surface area contributed by atoms with Gasteiger partial charge in [0.15, 0.2) is 6.10 Å². The Labute approximate surface area is 102 Å². The molecule has 1 aromatic heterocycles. The molecule has 0 aliphatic rings. The summed E-state index contributed by atoms with van der Waals surface area (Å²) in [5, 5.41) is 0. The van der Waals surface area contributed by atoms with Crippen molar-refractivity contribution >= 4 is 5.97 Å². The van der Waals surface area contributed by atoms with E-state index in [-0.39, 0.29) is 5.97 Å². The van der Waals surface area contributed by atoms with Gasteiger partial charge < -0.3 is 9.47 Å². The van der Waals surface area contributed by atoms with Gasteiger partial charge in [0.1, 0.15) is 11.4 Å². The molecule has 1 atom stereocenters. The van der Waals surface area contributed by atoms with Gasteiger partial charge in [0.2, 0.25) is 0 Å². The Balaban J connectivity index is 2.57. The maximum atomic E-state index is 11.7. The molecule has 94 valence electrons. The predicted molar refractivity (Wildman–Crippen MR) is 64.9 cm³/mol. The number of esters is 1. The second-order valence-corrected chi connectivity index (χ2v) is 4.93. The maximum Gasteiger partial charge on any atom is 0.347 e. The minimum absolute atomic E-state index is 0.377. The zero-order chi connectivity index (χ0) is 13.1. The molecule has 0 fully saturated rings. The van der Waals surface area contributed by atoms with Crippen LogP contribution < -0.4 is 4.74 Å². The van der Waals surface area contributed by atoms with Crippen LogP contribution in [-0.4, -0.2) is 22.7 Å². The van der Waals surface area contributed by atoms with Crippen LogP contribution in [0.3, 0.4) is 0 Å². The molecule has 1 aromatic rings. The molecule has 1 unspecified atom stereocenters. The monoisotopic (exact) mass is 237 g/mol. The molecule has 17 heavy (non-hydrogen) atoms. The summed E-state index contributed by atoms with van der Waals surface area (Å²) < 4.78 is 10.7. The highest BCUT2D eigenvalue weighted by Crippen LogP contribution is 2.14. The summed E-state index contributed by atoms with van der Waals surface area (Å²) in [5.41, 5.74) is 0.405. The summed E-state index contributed by atoms with van der Waals surface area (Å²) in [6, 6.07) is 3.61. The fraction of sp³-hybridized carbons (Fsp3) is 0.538. The first kappa shape index (κ1) is 13.5. The second-order valence-electron chi connectivity index (χ2n) is 4.93. The van der Waals surface area contributed by atoms with E-state index in [1.807, 2.05) is 33.8 Å². The van der Waals surface area contributed by atoms with E-state index in [1.54, 1.807) is 19.2 Å². The Hall–Kier alpha value is -1.58. The molecule has 4 heteroatoms. The lowest BCUT2D eigenvalue weighted by Gasteiger charge is -2.22. The number of rotatable bonds is 3. The van der Waals surface area contributed by atoms with Gasteiger partial charge in [0.05, 0.1) is 6.20 Å². The van der Waals surface area contributed by atoms with Crippen LogP contribution >= 0.6 is 0 Å². The third-order valence-corrected chi connectivity index (χ3v) is 1.94. The molecule has 1 heterocycles. The smallest absolute Gasteiger partial charge is 0.347 e. The Kier molecular flexibility index (Phi) is 4.10. The van der Waals surface area contributed by atoms with Crippen LogP contribution in [0.2, 0.25) is 0 Å². The van der Waals surface area contributed by atoms with Crippen LogP contribution in [0.25, 0.3) is 0 Å². The Morgan fingerprint density at radius 1 is 1.35 bits per heavy atom. The lowest BCUT2D eigenvalue weighted by molar-refractivity contribution is -0.162. The number of hydrogen-bond donors (Lipinski definition) is 0. The second kappa shape index (κ2) is 5.17. The Bertz CT molecular complexity index is 379. The van der Waals surface area contributed by atoms with Gasteiger partial charge >= 0.3 is 5.97 Å². The van der Waals surface area contributed by atoms with Crippen molar-refractivity contribution in [2.24, 2.45) is 0 Å². The Morgan fingerprint density at radius 3 is 2.47 bits per heavy atom. The van der Waals surface area contributed by atoms with Crippen LogP contribution in [0.1, 0.15) is 33.4 Å². The van der Waals surface area contributed by atoms with Gasteiger partial charge in [-0.15, -0.1) is 0 Å². The quantitative estimate of drug-likeness (QED) is 0.758. The average Bonchev–Trinajstić information content (AvgIpc) is 2.19. The summed E-state index contributed by atoms with van der Waals surface area (Å²) >= 11 is 0. The number of carbonyl (C=O) groups excluding carboxylic acids is 1. The third-order valence-electron chi connectivity index (χ3n) is 1.94. The highest BCUT2D eigenvalue weighted by molar-refractivity contribution is 5.75. The van der Waals surface area contributed by atoms with Gasteiger partial charge in [-0.1, -0.05) is 0 Å². The van der Waals surface area contributed by atoms with Crippen LogP contribution in [-0.2, 0) is 9.53 Å². The van der Waals surface area contributed by atoms with Crippen LogP contribution in [0, 0.1) is 6.92 Å². The molecule has 0 aliphatic heterocycles. The molecule has 0 spiro atoms. The number of aryl methyl sites for hydroxylation is 1. The lowest BCUT2D eigenvalue weighted by atomic mass is 10.2. The molecule has 0 saturated carbocycles. The predicted octanol–water partition coefficient (Wildman–Crippen LogP) is 2.50. The van der Waals surface area contributed by atoms with E-state index in [1.165, 1.54) is 0 Å². The van der Waals surface area contributed by atoms with E-state index in [4.69, 9.17) is 9.47 Å². The highest BCUT2D eigenvalue weighted by atomic mass is 16.6. The van der Waals surface area contributed by atoms with E-state index in [9.17, 15) is 4.79 Å². The fourth-order valence-electron chi connectivity index (χ4n) is 1.16. The summed E-state index contributed by atoms with van der Waals surface area (Å²) in [4.78, 5) is 15.8. The van der Waals surface area contributed by atoms with Crippen molar-refractivity contribution in [2.45, 2.75) is 46.3 Å².